The van der Waals surface area contributed by atoms with Crippen LogP contribution in [0.5, 0.6) is 0 Å². The second-order valence-electron chi connectivity index (χ2n) is 7.50. The highest BCUT2D eigenvalue weighted by atomic mass is 16.3. The lowest BCUT2D eigenvalue weighted by atomic mass is 10.0. The second-order valence-corrected chi connectivity index (χ2v) is 7.50. The maximum Gasteiger partial charge on any atom is 0.118 e. The maximum atomic E-state index is 5.71. The topological polar surface area (TPSA) is 31.6 Å². The summed E-state index contributed by atoms with van der Waals surface area (Å²) in [6.07, 6.45) is 4.40. The van der Waals surface area contributed by atoms with Crippen molar-refractivity contribution in [1.29, 1.82) is 0 Å². The molecule has 0 aromatic carbocycles. The Morgan fingerprint density at radius 2 is 1.95 bits per heavy atom. The Morgan fingerprint density at radius 3 is 2.52 bits per heavy atom. The van der Waals surface area contributed by atoms with Crippen LogP contribution in [0.25, 0.3) is 0 Å². The van der Waals surface area contributed by atoms with E-state index in [-0.39, 0.29) is 5.54 Å². The fourth-order valence-corrected chi connectivity index (χ4v) is 2.78. The molecule has 0 saturated carbocycles. The molecule has 0 unspecified atom stereocenters. The van der Waals surface area contributed by atoms with Gasteiger partial charge in [0, 0.05) is 36.8 Å². The van der Waals surface area contributed by atoms with Crippen LogP contribution >= 0.6 is 0 Å². The Balaban J connectivity index is 1.78. The van der Waals surface area contributed by atoms with Crippen LogP contribution < -0.4 is 5.32 Å². The molecule has 1 fully saturated rings. The van der Waals surface area contributed by atoms with E-state index in [1.807, 2.05) is 6.26 Å². The predicted octanol–water partition coefficient (Wildman–Crippen LogP) is 2.69. The fraction of sp³-hybridized carbons (Fsp3) is 0.765. The zero-order valence-electron chi connectivity index (χ0n) is 14.3. The molecule has 0 radical (unpaired) electrons. The molecule has 2 rings (SSSR count). The maximum absolute atomic E-state index is 5.71. The van der Waals surface area contributed by atoms with Gasteiger partial charge < -0.3 is 14.6 Å². The highest BCUT2D eigenvalue weighted by Crippen LogP contribution is 2.18. The molecule has 2 heterocycles. The Bertz CT molecular complexity index is 425. The van der Waals surface area contributed by atoms with Crippen molar-refractivity contribution < 1.29 is 4.42 Å². The summed E-state index contributed by atoms with van der Waals surface area (Å²) in [4.78, 5) is 4.85. The fourth-order valence-electron chi connectivity index (χ4n) is 2.78. The molecule has 1 aromatic rings. The average Bonchev–Trinajstić information content (AvgIpc) is 2.84. The van der Waals surface area contributed by atoms with Crippen molar-refractivity contribution in [3.05, 3.63) is 23.7 Å². The smallest absolute Gasteiger partial charge is 0.118 e. The van der Waals surface area contributed by atoms with E-state index >= 15 is 0 Å². The minimum atomic E-state index is 0.144. The monoisotopic (exact) mass is 293 g/mol. The van der Waals surface area contributed by atoms with E-state index in [2.05, 4.69) is 56.0 Å². The van der Waals surface area contributed by atoms with Crippen molar-refractivity contribution in [2.75, 3.05) is 27.2 Å². The van der Waals surface area contributed by atoms with Gasteiger partial charge in [-0.15, -0.1) is 0 Å². The first kappa shape index (κ1) is 16.5. The van der Waals surface area contributed by atoms with Gasteiger partial charge in [-0.3, -0.25) is 4.90 Å². The van der Waals surface area contributed by atoms with Gasteiger partial charge in [-0.2, -0.15) is 0 Å². The van der Waals surface area contributed by atoms with Crippen LogP contribution in [0.1, 0.15) is 44.9 Å². The van der Waals surface area contributed by atoms with Crippen LogP contribution in [0.2, 0.25) is 0 Å². The summed E-state index contributed by atoms with van der Waals surface area (Å²) in [6, 6.07) is 2.93. The van der Waals surface area contributed by atoms with E-state index in [0.29, 0.717) is 0 Å². The lowest BCUT2D eigenvalue weighted by Gasteiger charge is -2.34. The molecular weight excluding hydrogens is 262 g/mol. The highest BCUT2D eigenvalue weighted by molar-refractivity contribution is 5.13. The molecule has 0 atom stereocenters. The molecule has 1 aromatic heterocycles. The summed E-state index contributed by atoms with van der Waals surface area (Å²) >= 11 is 0. The average molecular weight is 293 g/mol. The summed E-state index contributed by atoms with van der Waals surface area (Å²) in [7, 11) is 4.36. The minimum absolute atomic E-state index is 0.144. The molecular formula is C17H31N3O. The van der Waals surface area contributed by atoms with Gasteiger partial charge in [0.1, 0.15) is 5.76 Å². The number of nitrogens with one attached hydrogen (secondary N) is 1. The molecule has 4 heteroatoms. The van der Waals surface area contributed by atoms with Crippen LogP contribution in [0.3, 0.4) is 0 Å². The lowest BCUT2D eigenvalue weighted by molar-refractivity contribution is 0.133. The Kier molecular flexibility index (Phi) is 5.47. The van der Waals surface area contributed by atoms with Crippen molar-refractivity contribution in [2.24, 2.45) is 0 Å². The van der Waals surface area contributed by atoms with E-state index in [1.54, 1.807) is 0 Å². The molecule has 0 spiro atoms. The van der Waals surface area contributed by atoms with Gasteiger partial charge in [0.25, 0.3) is 0 Å². The van der Waals surface area contributed by atoms with Crippen molar-refractivity contribution in [1.82, 2.24) is 15.1 Å². The summed E-state index contributed by atoms with van der Waals surface area (Å²) in [6.45, 7) is 10.7. The SMILES string of the molecule is CN(C)C1CCN(Cc2cc(CNC(C)(C)C)co2)CC1. The lowest BCUT2D eigenvalue weighted by Crippen LogP contribution is -2.41. The molecule has 1 N–H and O–H groups in total. The Labute approximate surface area is 129 Å². The largest absolute Gasteiger partial charge is 0.468 e. The quantitative estimate of drug-likeness (QED) is 0.904. The summed E-state index contributed by atoms with van der Waals surface area (Å²) < 4.78 is 5.71. The summed E-state index contributed by atoms with van der Waals surface area (Å²) in [5.41, 5.74) is 1.38. The molecule has 120 valence electrons. The number of likely N-dealkylation sites (tertiary alicyclic amines) is 1. The van der Waals surface area contributed by atoms with E-state index < -0.39 is 0 Å². The van der Waals surface area contributed by atoms with Gasteiger partial charge in [0.05, 0.1) is 12.8 Å². The number of nitrogens with zero attached hydrogens (tertiary/aromatic N) is 2. The first-order valence-corrected chi connectivity index (χ1v) is 8.03. The second kappa shape index (κ2) is 6.95. The Hall–Kier alpha value is -0.840. The molecule has 1 aliphatic rings. The molecule has 1 aliphatic heterocycles. The van der Waals surface area contributed by atoms with E-state index in [4.69, 9.17) is 4.42 Å². The van der Waals surface area contributed by atoms with Crippen molar-refractivity contribution in [3.63, 3.8) is 0 Å². The number of hydrogen-bond donors (Lipinski definition) is 1. The van der Waals surface area contributed by atoms with Crippen LogP contribution in [0.15, 0.2) is 16.7 Å². The van der Waals surface area contributed by atoms with E-state index in [0.717, 1.165) is 24.9 Å². The Morgan fingerprint density at radius 1 is 1.29 bits per heavy atom. The van der Waals surface area contributed by atoms with Crippen LogP contribution in [0.4, 0.5) is 0 Å². The number of rotatable bonds is 5. The van der Waals surface area contributed by atoms with E-state index in [1.165, 1.54) is 31.5 Å². The summed E-state index contributed by atoms with van der Waals surface area (Å²) in [5.74, 6) is 1.09. The third kappa shape index (κ3) is 5.46. The highest BCUT2D eigenvalue weighted by Gasteiger charge is 2.21. The van der Waals surface area contributed by atoms with Gasteiger partial charge in [0.2, 0.25) is 0 Å². The third-order valence-electron chi connectivity index (χ3n) is 4.20. The molecule has 0 aliphatic carbocycles. The first-order valence-electron chi connectivity index (χ1n) is 8.03. The van der Waals surface area contributed by atoms with Crippen LogP contribution in [-0.4, -0.2) is 48.6 Å². The van der Waals surface area contributed by atoms with Gasteiger partial charge in [-0.25, -0.2) is 0 Å². The zero-order chi connectivity index (χ0) is 15.5. The molecule has 0 amide bonds. The standard InChI is InChI=1S/C17H31N3O/c1-17(2,3)18-11-14-10-16(21-13-14)12-20-8-6-15(7-9-20)19(4)5/h10,13,15,18H,6-9,11-12H2,1-5H3. The molecule has 0 bridgehead atoms. The van der Waals surface area contributed by atoms with Gasteiger partial charge in [-0.1, -0.05) is 0 Å². The van der Waals surface area contributed by atoms with Crippen LogP contribution in [0, 0.1) is 0 Å². The van der Waals surface area contributed by atoms with Gasteiger partial charge in [0.15, 0.2) is 0 Å². The first-order chi connectivity index (χ1) is 9.83. The van der Waals surface area contributed by atoms with Gasteiger partial charge >= 0.3 is 0 Å². The van der Waals surface area contributed by atoms with Crippen molar-refractivity contribution >= 4 is 0 Å². The van der Waals surface area contributed by atoms with E-state index in [9.17, 15) is 0 Å². The van der Waals surface area contributed by atoms with Crippen LogP contribution in [-0.2, 0) is 13.1 Å². The predicted molar refractivity (Wildman–Crippen MR) is 87.3 cm³/mol. The zero-order valence-corrected chi connectivity index (χ0v) is 14.3. The normalized spacial score (nSPS) is 18.6. The molecule has 1 saturated heterocycles. The molecule has 21 heavy (non-hydrogen) atoms. The number of hydrogen-bond acceptors (Lipinski definition) is 4. The van der Waals surface area contributed by atoms with Crippen molar-refractivity contribution in [3.8, 4) is 0 Å². The van der Waals surface area contributed by atoms with Gasteiger partial charge in [-0.05, 0) is 53.8 Å². The minimum Gasteiger partial charge on any atom is -0.468 e. The molecule has 4 nitrogen and oxygen atoms in total. The third-order valence-corrected chi connectivity index (χ3v) is 4.20. The summed E-state index contributed by atoms with van der Waals surface area (Å²) in [5, 5.41) is 3.49. The number of piperidine rings is 1. The van der Waals surface area contributed by atoms with Crippen molar-refractivity contribution in [2.45, 2.75) is 58.3 Å². The number of furan rings is 1.